The number of sulfonamides is 1. The van der Waals surface area contributed by atoms with Crippen molar-refractivity contribution in [1.29, 1.82) is 0 Å². The fourth-order valence-electron chi connectivity index (χ4n) is 2.41. The summed E-state index contributed by atoms with van der Waals surface area (Å²) in [5, 5.41) is 0. The van der Waals surface area contributed by atoms with Gasteiger partial charge in [-0.2, -0.15) is 4.31 Å². The van der Waals surface area contributed by atoms with E-state index in [2.05, 4.69) is 29.8 Å². The van der Waals surface area contributed by atoms with E-state index < -0.39 is 10.0 Å². The summed E-state index contributed by atoms with van der Waals surface area (Å²) in [5.41, 5.74) is 0.812. The molecule has 0 radical (unpaired) electrons. The van der Waals surface area contributed by atoms with Crippen molar-refractivity contribution in [3.8, 4) is 0 Å². The average molecular weight is 381 g/mol. The van der Waals surface area contributed by atoms with Crippen LogP contribution in [-0.2, 0) is 15.9 Å². The second kappa shape index (κ2) is 6.34. The quantitative estimate of drug-likeness (QED) is 0.747. The van der Waals surface area contributed by atoms with Crippen molar-refractivity contribution in [3.63, 3.8) is 0 Å². The molecule has 20 heavy (non-hydrogen) atoms. The molecule has 112 valence electrons. The molecule has 0 aromatic heterocycles. The smallest absolute Gasteiger partial charge is 0.207 e. The zero-order valence-corrected chi connectivity index (χ0v) is 14.8. The third-order valence-corrected chi connectivity index (χ3v) is 7.23. The van der Waals surface area contributed by atoms with Gasteiger partial charge in [-0.25, -0.2) is 8.42 Å². The first-order valence-electron chi connectivity index (χ1n) is 6.70. The predicted octanol–water partition coefficient (Wildman–Crippen LogP) is 3.85. The maximum absolute atomic E-state index is 12.8. The fraction of sp³-hybridized carbons (Fsp3) is 0.571. The largest absolute Gasteiger partial charge is 0.244 e. The lowest BCUT2D eigenvalue weighted by atomic mass is 9.90. The zero-order valence-electron chi connectivity index (χ0n) is 11.6. The Hall–Kier alpha value is -0.100. The number of piperidine rings is 1. The van der Waals surface area contributed by atoms with Gasteiger partial charge in [0.2, 0.25) is 10.0 Å². The van der Waals surface area contributed by atoms with Crippen LogP contribution < -0.4 is 0 Å². The van der Waals surface area contributed by atoms with E-state index in [0.717, 1.165) is 12.0 Å². The van der Waals surface area contributed by atoms with Crippen LogP contribution in [0.15, 0.2) is 27.6 Å². The molecule has 0 spiro atoms. The minimum absolute atomic E-state index is 0.309. The van der Waals surface area contributed by atoms with Crippen molar-refractivity contribution < 1.29 is 8.42 Å². The van der Waals surface area contributed by atoms with Gasteiger partial charge < -0.3 is 0 Å². The number of halogens is 2. The van der Waals surface area contributed by atoms with E-state index in [1.807, 2.05) is 6.07 Å². The van der Waals surface area contributed by atoms with Gasteiger partial charge in [0.15, 0.2) is 0 Å². The lowest BCUT2D eigenvalue weighted by Gasteiger charge is -2.34. The Morgan fingerprint density at radius 3 is 2.65 bits per heavy atom. The molecule has 0 amide bonds. The van der Waals surface area contributed by atoms with E-state index in [1.54, 1.807) is 16.4 Å². The predicted molar refractivity (Wildman–Crippen MR) is 85.4 cm³/mol. The maximum Gasteiger partial charge on any atom is 0.244 e. The summed E-state index contributed by atoms with van der Waals surface area (Å²) >= 11 is 9.15. The van der Waals surface area contributed by atoms with Crippen LogP contribution in [0.25, 0.3) is 0 Å². The highest BCUT2D eigenvalue weighted by Gasteiger charge is 2.32. The molecule has 1 aromatic carbocycles. The SMILES string of the molecule is CC1CCN(S(=O)(=O)c2cc(CCl)ccc2Br)CC1C. The first-order valence-corrected chi connectivity index (χ1v) is 9.47. The van der Waals surface area contributed by atoms with E-state index in [9.17, 15) is 8.42 Å². The van der Waals surface area contributed by atoms with Crippen LogP contribution in [0.4, 0.5) is 0 Å². The molecule has 0 saturated carbocycles. The lowest BCUT2D eigenvalue weighted by Crippen LogP contribution is -2.42. The summed E-state index contributed by atoms with van der Waals surface area (Å²) in [4.78, 5) is 0.317. The van der Waals surface area contributed by atoms with Crippen molar-refractivity contribution >= 4 is 37.6 Å². The van der Waals surface area contributed by atoms with Gasteiger partial charge in [0.25, 0.3) is 0 Å². The van der Waals surface area contributed by atoms with Gasteiger partial charge in [-0.1, -0.05) is 19.9 Å². The molecule has 1 heterocycles. The Morgan fingerprint density at radius 2 is 2.05 bits per heavy atom. The van der Waals surface area contributed by atoms with E-state index in [1.165, 1.54) is 0 Å². The number of rotatable bonds is 3. The lowest BCUT2D eigenvalue weighted by molar-refractivity contribution is 0.212. The molecule has 1 fully saturated rings. The van der Waals surface area contributed by atoms with Crippen LogP contribution in [-0.4, -0.2) is 25.8 Å². The highest BCUT2D eigenvalue weighted by atomic mass is 79.9. The molecule has 1 aromatic rings. The standard InChI is InChI=1S/C14H19BrClNO2S/c1-10-5-6-17(9-11(10)2)20(18,19)14-7-12(8-16)3-4-13(14)15/h3-4,7,10-11H,5-6,8-9H2,1-2H3. The Kier molecular flexibility index (Phi) is 5.16. The normalized spacial score (nSPS) is 24.8. The van der Waals surface area contributed by atoms with Crippen LogP contribution in [0.5, 0.6) is 0 Å². The van der Waals surface area contributed by atoms with Crippen LogP contribution in [0.2, 0.25) is 0 Å². The Bertz CT molecular complexity index is 591. The van der Waals surface area contributed by atoms with E-state index >= 15 is 0 Å². The summed E-state index contributed by atoms with van der Waals surface area (Å²) in [6.07, 6.45) is 0.910. The Balaban J connectivity index is 2.35. The van der Waals surface area contributed by atoms with Gasteiger partial charge in [0, 0.05) is 23.4 Å². The summed E-state index contributed by atoms with van der Waals surface area (Å²) in [7, 11) is -3.45. The van der Waals surface area contributed by atoms with Crippen LogP contribution >= 0.6 is 27.5 Å². The summed E-state index contributed by atoms with van der Waals surface area (Å²) in [5.74, 6) is 1.26. The summed E-state index contributed by atoms with van der Waals surface area (Å²) in [6.45, 7) is 5.46. The number of alkyl halides is 1. The van der Waals surface area contributed by atoms with Crippen molar-refractivity contribution in [1.82, 2.24) is 4.31 Å². The molecule has 0 N–H and O–H groups in total. The van der Waals surface area contributed by atoms with Gasteiger partial charge in [0.1, 0.15) is 0 Å². The van der Waals surface area contributed by atoms with Crippen molar-refractivity contribution in [2.75, 3.05) is 13.1 Å². The molecule has 2 atom stereocenters. The zero-order chi connectivity index (χ0) is 14.9. The number of nitrogens with zero attached hydrogens (tertiary/aromatic N) is 1. The maximum atomic E-state index is 12.8. The molecule has 6 heteroatoms. The van der Waals surface area contributed by atoms with Crippen LogP contribution in [0, 0.1) is 11.8 Å². The highest BCUT2D eigenvalue weighted by Crippen LogP contribution is 2.31. The first kappa shape index (κ1) is 16.3. The molecule has 1 saturated heterocycles. The molecule has 0 aliphatic carbocycles. The van der Waals surface area contributed by atoms with Gasteiger partial charge in [-0.05, 0) is 51.9 Å². The molecule has 0 bridgehead atoms. The highest BCUT2D eigenvalue weighted by molar-refractivity contribution is 9.10. The van der Waals surface area contributed by atoms with Crippen molar-refractivity contribution in [3.05, 3.63) is 28.2 Å². The first-order chi connectivity index (χ1) is 9.36. The minimum atomic E-state index is -3.45. The Morgan fingerprint density at radius 1 is 1.35 bits per heavy atom. The molecule has 1 aliphatic rings. The number of hydrogen-bond acceptors (Lipinski definition) is 2. The van der Waals surface area contributed by atoms with Crippen molar-refractivity contribution in [2.45, 2.75) is 31.0 Å². The molecule has 2 rings (SSSR count). The molecular formula is C14H19BrClNO2S. The number of hydrogen-bond donors (Lipinski definition) is 0. The third kappa shape index (κ3) is 3.21. The second-order valence-corrected chi connectivity index (χ2v) is 8.53. The van der Waals surface area contributed by atoms with Crippen molar-refractivity contribution in [2.24, 2.45) is 11.8 Å². The average Bonchev–Trinajstić information content (AvgIpc) is 2.42. The summed E-state index contributed by atoms with van der Waals surface area (Å²) < 4.78 is 27.8. The molecule has 3 nitrogen and oxygen atoms in total. The Labute approximate surface area is 134 Å². The van der Waals surface area contributed by atoms with Crippen LogP contribution in [0.3, 0.4) is 0 Å². The van der Waals surface area contributed by atoms with E-state index in [0.29, 0.717) is 40.2 Å². The van der Waals surface area contributed by atoms with Gasteiger partial charge >= 0.3 is 0 Å². The van der Waals surface area contributed by atoms with Gasteiger partial charge in [-0.3, -0.25) is 0 Å². The van der Waals surface area contributed by atoms with Gasteiger partial charge in [-0.15, -0.1) is 11.6 Å². The second-order valence-electron chi connectivity index (χ2n) is 5.50. The van der Waals surface area contributed by atoms with E-state index in [-0.39, 0.29) is 0 Å². The molecule has 2 unspecified atom stereocenters. The fourth-order valence-corrected chi connectivity index (χ4v) is 5.11. The summed E-state index contributed by atoms with van der Waals surface area (Å²) in [6, 6.07) is 5.24. The third-order valence-electron chi connectivity index (χ3n) is 4.06. The molecule has 1 aliphatic heterocycles. The molecular weight excluding hydrogens is 362 g/mol. The monoisotopic (exact) mass is 379 g/mol. The topological polar surface area (TPSA) is 37.4 Å². The number of benzene rings is 1. The van der Waals surface area contributed by atoms with Gasteiger partial charge in [0.05, 0.1) is 4.90 Å². The van der Waals surface area contributed by atoms with E-state index in [4.69, 9.17) is 11.6 Å². The minimum Gasteiger partial charge on any atom is -0.207 e. The van der Waals surface area contributed by atoms with Crippen LogP contribution in [0.1, 0.15) is 25.8 Å².